The molecule has 1 fully saturated rings. The van der Waals surface area contributed by atoms with Crippen molar-refractivity contribution in [2.45, 2.75) is 12.5 Å². The predicted molar refractivity (Wildman–Crippen MR) is 87.1 cm³/mol. The van der Waals surface area contributed by atoms with Gasteiger partial charge in [-0.05, 0) is 34.7 Å². The molecule has 2 rings (SSSR count). The first-order valence-electron chi connectivity index (χ1n) is 6.15. The van der Waals surface area contributed by atoms with Crippen molar-refractivity contribution in [3.63, 3.8) is 0 Å². The van der Waals surface area contributed by atoms with Gasteiger partial charge in [-0.2, -0.15) is 0 Å². The molecule has 0 radical (unpaired) electrons. The first-order chi connectivity index (χ1) is 9.90. The topological polar surface area (TPSA) is 66.8 Å². The standard InChI is InChI=1S/C13H12Cl2INO4/c14-7-3-9(12(16)10(15)4-7)13(20)17-1-2-21-6-8(17)5-11(18)19/h3-4,8H,1-2,5-6H2,(H,18,19). The number of aliphatic carboxylic acids is 1. The van der Waals surface area contributed by atoms with Gasteiger partial charge in [0.15, 0.2) is 0 Å². The molecule has 0 aliphatic carbocycles. The van der Waals surface area contributed by atoms with E-state index in [1.807, 2.05) is 22.6 Å². The summed E-state index contributed by atoms with van der Waals surface area (Å²) in [5.74, 6) is -1.25. The Kier molecular flexibility index (Phi) is 5.70. The van der Waals surface area contributed by atoms with Gasteiger partial charge < -0.3 is 14.7 Å². The molecule has 1 aliphatic rings. The molecule has 21 heavy (non-hydrogen) atoms. The van der Waals surface area contributed by atoms with Crippen molar-refractivity contribution in [2.75, 3.05) is 19.8 Å². The quantitative estimate of drug-likeness (QED) is 0.576. The maximum atomic E-state index is 12.7. The first-order valence-corrected chi connectivity index (χ1v) is 7.98. The van der Waals surface area contributed by atoms with Crippen molar-refractivity contribution in [1.82, 2.24) is 4.90 Å². The highest BCUT2D eigenvalue weighted by Gasteiger charge is 2.31. The van der Waals surface area contributed by atoms with E-state index in [4.69, 9.17) is 33.0 Å². The van der Waals surface area contributed by atoms with E-state index in [1.54, 1.807) is 12.1 Å². The summed E-state index contributed by atoms with van der Waals surface area (Å²) in [6.45, 7) is 0.937. The van der Waals surface area contributed by atoms with Crippen LogP contribution in [0.3, 0.4) is 0 Å². The van der Waals surface area contributed by atoms with E-state index >= 15 is 0 Å². The molecule has 0 saturated carbocycles. The molecule has 0 bridgehead atoms. The van der Waals surface area contributed by atoms with Crippen LogP contribution in [0.25, 0.3) is 0 Å². The Morgan fingerprint density at radius 3 is 2.81 bits per heavy atom. The average Bonchev–Trinajstić information content (AvgIpc) is 2.42. The monoisotopic (exact) mass is 443 g/mol. The van der Waals surface area contributed by atoms with E-state index in [-0.39, 0.29) is 18.9 Å². The van der Waals surface area contributed by atoms with Crippen molar-refractivity contribution in [1.29, 1.82) is 0 Å². The molecule has 1 N–H and O–H groups in total. The van der Waals surface area contributed by atoms with Gasteiger partial charge in [0.2, 0.25) is 0 Å². The van der Waals surface area contributed by atoms with Gasteiger partial charge in [-0.1, -0.05) is 23.2 Å². The molecule has 1 atom stereocenters. The fourth-order valence-corrected chi connectivity index (χ4v) is 3.19. The maximum Gasteiger partial charge on any atom is 0.305 e. The van der Waals surface area contributed by atoms with Crippen LogP contribution in [0.2, 0.25) is 10.0 Å². The van der Waals surface area contributed by atoms with Gasteiger partial charge in [-0.3, -0.25) is 9.59 Å². The molecular weight excluding hydrogens is 432 g/mol. The number of benzene rings is 1. The van der Waals surface area contributed by atoms with Crippen LogP contribution in [-0.2, 0) is 9.53 Å². The lowest BCUT2D eigenvalue weighted by atomic mass is 10.1. The number of nitrogens with zero attached hydrogens (tertiary/aromatic N) is 1. The van der Waals surface area contributed by atoms with Crippen molar-refractivity contribution in [3.8, 4) is 0 Å². The van der Waals surface area contributed by atoms with Gasteiger partial charge in [0.25, 0.3) is 5.91 Å². The highest BCUT2D eigenvalue weighted by atomic mass is 127. The van der Waals surface area contributed by atoms with Crippen molar-refractivity contribution in [3.05, 3.63) is 31.3 Å². The van der Waals surface area contributed by atoms with Gasteiger partial charge in [0.05, 0.1) is 36.3 Å². The molecule has 1 unspecified atom stereocenters. The van der Waals surface area contributed by atoms with Crippen LogP contribution in [0.1, 0.15) is 16.8 Å². The Bertz CT molecular complexity index is 582. The van der Waals surface area contributed by atoms with E-state index in [9.17, 15) is 9.59 Å². The Hall–Kier alpha value is -0.570. The van der Waals surface area contributed by atoms with Crippen LogP contribution in [0.4, 0.5) is 0 Å². The molecule has 1 saturated heterocycles. The van der Waals surface area contributed by atoms with Crippen LogP contribution in [0, 0.1) is 3.57 Å². The number of hydrogen-bond acceptors (Lipinski definition) is 3. The van der Waals surface area contributed by atoms with Crippen LogP contribution in [0.5, 0.6) is 0 Å². The molecular formula is C13H12Cl2INO4. The third-order valence-electron chi connectivity index (χ3n) is 3.12. The van der Waals surface area contributed by atoms with Crippen molar-refractivity contribution in [2.24, 2.45) is 0 Å². The van der Waals surface area contributed by atoms with Crippen LogP contribution >= 0.6 is 45.8 Å². The molecule has 1 aromatic rings. The van der Waals surface area contributed by atoms with Gasteiger partial charge in [-0.25, -0.2) is 0 Å². The predicted octanol–water partition coefficient (Wildman–Crippen LogP) is 2.91. The second-order valence-electron chi connectivity index (χ2n) is 4.57. The minimum atomic E-state index is -0.970. The van der Waals surface area contributed by atoms with Crippen LogP contribution in [0.15, 0.2) is 12.1 Å². The van der Waals surface area contributed by atoms with Crippen LogP contribution in [-0.4, -0.2) is 47.7 Å². The van der Waals surface area contributed by atoms with E-state index in [0.29, 0.717) is 32.3 Å². The number of rotatable bonds is 3. The van der Waals surface area contributed by atoms with Gasteiger partial charge in [0, 0.05) is 15.1 Å². The molecule has 0 aromatic heterocycles. The molecule has 1 heterocycles. The first kappa shape index (κ1) is 16.8. The summed E-state index contributed by atoms with van der Waals surface area (Å²) in [6.07, 6.45) is -0.156. The summed E-state index contributed by atoms with van der Waals surface area (Å²) in [7, 11) is 0. The number of carboxylic acid groups (broad SMARTS) is 1. The third-order valence-corrected chi connectivity index (χ3v) is 5.12. The lowest BCUT2D eigenvalue weighted by Gasteiger charge is -2.35. The number of hydrogen-bond donors (Lipinski definition) is 1. The third kappa shape index (κ3) is 4.00. The van der Waals surface area contributed by atoms with Crippen molar-refractivity contribution >= 4 is 57.7 Å². The Morgan fingerprint density at radius 2 is 2.14 bits per heavy atom. The zero-order valence-corrected chi connectivity index (χ0v) is 14.5. The number of halogens is 3. The van der Waals surface area contributed by atoms with Crippen LogP contribution < -0.4 is 0 Å². The molecule has 0 spiro atoms. The molecule has 1 aliphatic heterocycles. The Morgan fingerprint density at radius 1 is 1.43 bits per heavy atom. The number of carbonyl (C=O) groups excluding carboxylic acids is 1. The Balaban J connectivity index is 2.31. The highest BCUT2D eigenvalue weighted by Crippen LogP contribution is 2.28. The minimum Gasteiger partial charge on any atom is -0.481 e. The fourth-order valence-electron chi connectivity index (χ4n) is 2.16. The Labute approximate surface area is 145 Å². The van der Waals surface area contributed by atoms with E-state index in [0.717, 1.165) is 0 Å². The lowest BCUT2D eigenvalue weighted by molar-refractivity contribution is -0.139. The summed E-state index contributed by atoms with van der Waals surface area (Å²) in [5.41, 5.74) is 0.380. The molecule has 1 amide bonds. The number of carboxylic acids is 1. The largest absolute Gasteiger partial charge is 0.481 e. The number of amides is 1. The summed E-state index contributed by atoms with van der Waals surface area (Å²) in [5, 5.41) is 9.71. The number of carbonyl (C=O) groups is 2. The number of morpholine rings is 1. The summed E-state index contributed by atoms with van der Waals surface area (Å²) in [6, 6.07) is 2.62. The molecule has 1 aromatic carbocycles. The van der Waals surface area contributed by atoms with E-state index in [2.05, 4.69) is 0 Å². The van der Waals surface area contributed by atoms with E-state index < -0.39 is 12.0 Å². The highest BCUT2D eigenvalue weighted by molar-refractivity contribution is 14.1. The fraction of sp³-hybridized carbons (Fsp3) is 0.385. The SMILES string of the molecule is O=C(O)CC1COCCN1C(=O)c1cc(Cl)cc(Cl)c1I. The maximum absolute atomic E-state index is 12.7. The number of ether oxygens (including phenoxy) is 1. The van der Waals surface area contributed by atoms with E-state index in [1.165, 1.54) is 4.90 Å². The lowest BCUT2D eigenvalue weighted by Crippen LogP contribution is -2.49. The second-order valence-corrected chi connectivity index (χ2v) is 6.50. The molecule has 5 nitrogen and oxygen atoms in total. The molecule has 8 heteroatoms. The van der Waals surface area contributed by atoms with Gasteiger partial charge >= 0.3 is 5.97 Å². The smallest absolute Gasteiger partial charge is 0.305 e. The summed E-state index contributed by atoms with van der Waals surface area (Å²) in [4.78, 5) is 25.1. The zero-order chi connectivity index (χ0) is 15.6. The van der Waals surface area contributed by atoms with Gasteiger partial charge in [0.1, 0.15) is 0 Å². The average molecular weight is 444 g/mol. The summed E-state index contributed by atoms with van der Waals surface area (Å²) < 4.78 is 5.87. The van der Waals surface area contributed by atoms with Crippen molar-refractivity contribution < 1.29 is 19.4 Å². The second kappa shape index (κ2) is 7.13. The summed E-state index contributed by atoms with van der Waals surface area (Å²) >= 11 is 14.0. The normalized spacial score (nSPS) is 18.6. The van der Waals surface area contributed by atoms with Gasteiger partial charge in [-0.15, -0.1) is 0 Å². The molecule has 114 valence electrons. The zero-order valence-electron chi connectivity index (χ0n) is 10.8. The minimum absolute atomic E-state index is 0.156.